The molecule has 1 unspecified atom stereocenters. The van der Waals surface area contributed by atoms with Gasteiger partial charge in [0.2, 0.25) is 5.91 Å². The summed E-state index contributed by atoms with van der Waals surface area (Å²) in [6.07, 6.45) is 4.90. The van der Waals surface area contributed by atoms with E-state index < -0.39 is 0 Å². The SMILES string of the molecule is CCCCNC(=O)C(C)N1CCc2c(Br)ccnc2C1. The smallest absolute Gasteiger partial charge is 0.237 e. The van der Waals surface area contributed by atoms with Gasteiger partial charge in [-0.1, -0.05) is 29.3 Å². The number of nitrogens with one attached hydrogen (secondary N) is 1. The summed E-state index contributed by atoms with van der Waals surface area (Å²) >= 11 is 3.57. The molecule has 0 bridgehead atoms. The Labute approximate surface area is 129 Å². The molecule has 0 radical (unpaired) electrons. The van der Waals surface area contributed by atoms with Crippen molar-refractivity contribution in [3.8, 4) is 0 Å². The molecule has 1 aromatic heterocycles. The lowest BCUT2D eigenvalue weighted by Gasteiger charge is -2.32. The van der Waals surface area contributed by atoms with E-state index in [9.17, 15) is 4.79 Å². The molecule has 1 atom stereocenters. The van der Waals surface area contributed by atoms with Crippen LogP contribution in [-0.4, -0.2) is 34.9 Å². The lowest BCUT2D eigenvalue weighted by molar-refractivity contribution is -0.126. The zero-order chi connectivity index (χ0) is 14.5. The van der Waals surface area contributed by atoms with Gasteiger partial charge in [-0.3, -0.25) is 14.7 Å². The normalized spacial score (nSPS) is 16.6. The number of pyridine rings is 1. The molecule has 1 aliphatic rings. The fraction of sp³-hybridized carbons (Fsp3) is 0.600. The van der Waals surface area contributed by atoms with Crippen molar-refractivity contribution in [2.45, 2.75) is 45.7 Å². The van der Waals surface area contributed by atoms with Crippen molar-refractivity contribution in [1.29, 1.82) is 0 Å². The third-order valence-corrected chi connectivity index (χ3v) is 4.59. The molecule has 1 amide bonds. The highest BCUT2D eigenvalue weighted by molar-refractivity contribution is 9.10. The van der Waals surface area contributed by atoms with Crippen LogP contribution >= 0.6 is 15.9 Å². The van der Waals surface area contributed by atoms with Crippen molar-refractivity contribution < 1.29 is 4.79 Å². The molecule has 0 aliphatic carbocycles. The zero-order valence-electron chi connectivity index (χ0n) is 12.2. The molecule has 1 aromatic rings. The molecule has 1 N–H and O–H groups in total. The molecule has 0 saturated carbocycles. The van der Waals surface area contributed by atoms with E-state index in [1.54, 1.807) is 0 Å². The Morgan fingerprint density at radius 2 is 2.40 bits per heavy atom. The van der Waals surface area contributed by atoms with E-state index in [0.29, 0.717) is 0 Å². The summed E-state index contributed by atoms with van der Waals surface area (Å²) < 4.78 is 1.13. The second-order valence-corrected chi connectivity index (χ2v) is 6.11. The average molecular weight is 340 g/mol. The Kier molecular flexibility index (Phi) is 5.54. The number of aromatic nitrogens is 1. The van der Waals surface area contributed by atoms with Crippen LogP contribution in [0.5, 0.6) is 0 Å². The molecule has 110 valence electrons. The molecule has 2 heterocycles. The van der Waals surface area contributed by atoms with Gasteiger partial charge in [0.25, 0.3) is 0 Å². The van der Waals surface area contributed by atoms with Crippen molar-refractivity contribution in [2.24, 2.45) is 0 Å². The molecule has 0 fully saturated rings. The molecule has 4 nitrogen and oxygen atoms in total. The number of halogens is 1. The number of hydrogen-bond donors (Lipinski definition) is 1. The van der Waals surface area contributed by atoms with Crippen LogP contribution in [0.15, 0.2) is 16.7 Å². The number of hydrogen-bond acceptors (Lipinski definition) is 3. The van der Waals surface area contributed by atoms with Crippen LogP contribution in [0.2, 0.25) is 0 Å². The van der Waals surface area contributed by atoms with Gasteiger partial charge < -0.3 is 5.32 Å². The van der Waals surface area contributed by atoms with E-state index in [1.165, 1.54) is 5.56 Å². The number of amides is 1. The molecule has 0 spiro atoms. The van der Waals surface area contributed by atoms with Gasteiger partial charge in [-0.05, 0) is 31.4 Å². The summed E-state index contributed by atoms with van der Waals surface area (Å²) in [6, 6.07) is 1.89. The quantitative estimate of drug-likeness (QED) is 0.838. The molecular weight excluding hydrogens is 318 g/mol. The molecular formula is C15H22BrN3O. The minimum atomic E-state index is -0.0965. The van der Waals surface area contributed by atoms with Crippen molar-refractivity contribution in [3.63, 3.8) is 0 Å². The maximum atomic E-state index is 12.1. The standard InChI is InChI=1S/C15H22BrN3O/c1-3-4-7-18-15(20)11(2)19-9-6-12-13(16)5-8-17-14(12)10-19/h5,8,11H,3-4,6-7,9-10H2,1-2H3,(H,18,20). The lowest BCUT2D eigenvalue weighted by atomic mass is 10.0. The predicted octanol–water partition coefficient (Wildman–Crippen LogP) is 2.51. The Balaban J connectivity index is 1.96. The summed E-state index contributed by atoms with van der Waals surface area (Å²) in [4.78, 5) is 18.8. The summed E-state index contributed by atoms with van der Waals surface area (Å²) in [7, 11) is 0. The summed E-state index contributed by atoms with van der Waals surface area (Å²) in [5.41, 5.74) is 2.36. The third-order valence-electron chi connectivity index (χ3n) is 3.85. The molecule has 0 saturated heterocycles. The highest BCUT2D eigenvalue weighted by Crippen LogP contribution is 2.25. The van der Waals surface area contributed by atoms with Gasteiger partial charge in [0.15, 0.2) is 0 Å². The van der Waals surface area contributed by atoms with Gasteiger partial charge in [0.1, 0.15) is 0 Å². The minimum absolute atomic E-state index is 0.0965. The monoisotopic (exact) mass is 339 g/mol. The van der Waals surface area contributed by atoms with Crippen LogP contribution in [0.4, 0.5) is 0 Å². The summed E-state index contributed by atoms with van der Waals surface area (Å²) in [6.45, 7) is 6.52. The van der Waals surface area contributed by atoms with E-state index >= 15 is 0 Å². The fourth-order valence-corrected chi connectivity index (χ4v) is 3.01. The van der Waals surface area contributed by atoms with E-state index in [4.69, 9.17) is 0 Å². The highest BCUT2D eigenvalue weighted by Gasteiger charge is 2.26. The van der Waals surface area contributed by atoms with Gasteiger partial charge in [-0.15, -0.1) is 0 Å². The van der Waals surface area contributed by atoms with Crippen LogP contribution in [-0.2, 0) is 17.8 Å². The van der Waals surface area contributed by atoms with E-state index in [-0.39, 0.29) is 11.9 Å². The van der Waals surface area contributed by atoms with Gasteiger partial charge in [0.05, 0.1) is 11.7 Å². The maximum Gasteiger partial charge on any atom is 0.237 e. The second kappa shape index (κ2) is 7.18. The molecule has 1 aliphatic heterocycles. The van der Waals surface area contributed by atoms with E-state index in [2.05, 4.69) is 38.1 Å². The van der Waals surface area contributed by atoms with Crippen LogP contribution in [0.3, 0.4) is 0 Å². The van der Waals surface area contributed by atoms with Crippen molar-refractivity contribution in [1.82, 2.24) is 15.2 Å². The Morgan fingerprint density at radius 1 is 1.60 bits per heavy atom. The molecule has 0 aromatic carbocycles. The number of rotatable bonds is 5. The van der Waals surface area contributed by atoms with Gasteiger partial charge in [0, 0.05) is 30.3 Å². The summed E-state index contributed by atoms with van der Waals surface area (Å²) in [5, 5.41) is 3.01. The Morgan fingerprint density at radius 3 is 3.15 bits per heavy atom. The van der Waals surface area contributed by atoms with Crippen LogP contribution in [0.1, 0.15) is 37.9 Å². The average Bonchev–Trinajstić information content (AvgIpc) is 2.46. The number of unbranched alkanes of at least 4 members (excludes halogenated alkanes) is 1. The molecule has 20 heavy (non-hydrogen) atoms. The second-order valence-electron chi connectivity index (χ2n) is 5.26. The Hall–Kier alpha value is -0.940. The summed E-state index contributed by atoms with van der Waals surface area (Å²) in [5.74, 6) is 0.122. The number of nitrogens with zero attached hydrogens (tertiary/aromatic N) is 2. The van der Waals surface area contributed by atoms with Gasteiger partial charge in [-0.25, -0.2) is 0 Å². The molecule has 5 heteroatoms. The number of fused-ring (bicyclic) bond motifs is 1. The minimum Gasteiger partial charge on any atom is -0.355 e. The largest absolute Gasteiger partial charge is 0.355 e. The highest BCUT2D eigenvalue weighted by atomic mass is 79.9. The number of carbonyl (C=O) groups is 1. The van der Waals surface area contributed by atoms with Crippen molar-refractivity contribution >= 4 is 21.8 Å². The molecule has 2 rings (SSSR count). The van der Waals surface area contributed by atoms with Gasteiger partial charge in [-0.2, -0.15) is 0 Å². The lowest BCUT2D eigenvalue weighted by Crippen LogP contribution is -2.47. The number of carbonyl (C=O) groups excluding carboxylic acids is 1. The first kappa shape index (κ1) is 15.4. The topological polar surface area (TPSA) is 45.2 Å². The van der Waals surface area contributed by atoms with Gasteiger partial charge >= 0.3 is 0 Å². The fourth-order valence-electron chi connectivity index (χ4n) is 2.47. The van der Waals surface area contributed by atoms with Crippen molar-refractivity contribution in [3.05, 3.63) is 28.0 Å². The van der Waals surface area contributed by atoms with Crippen LogP contribution in [0.25, 0.3) is 0 Å². The predicted molar refractivity (Wildman–Crippen MR) is 83.4 cm³/mol. The van der Waals surface area contributed by atoms with E-state index in [1.807, 2.05) is 19.2 Å². The first-order chi connectivity index (χ1) is 9.63. The zero-order valence-corrected chi connectivity index (χ0v) is 13.7. The third kappa shape index (κ3) is 3.58. The van der Waals surface area contributed by atoms with Crippen LogP contribution < -0.4 is 5.32 Å². The van der Waals surface area contributed by atoms with Crippen LogP contribution in [0, 0.1) is 0 Å². The maximum absolute atomic E-state index is 12.1. The Bertz CT molecular complexity index is 478. The van der Waals surface area contributed by atoms with E-state index in [0.717, 1.165) is 49.1 Å². The van der Waals surface area contributed by atoms with Crippen molar-refractivity contribution in [2.75, 3.05) is 13.1 Å². The first-order valence-electron chi connectivity index (χ1n) is 7.27. The first-order valence-corrected chi connectivity index (χ1v) is 8.06.